The maximum Gasteiger partial charge on any atom is 0.416 e. The Kier molecular flexibility index (Phi) is 3.28. The van der Waals surface area contributed by atoms with Gasteiger partial charge in [0.2, 0.25) is 0 Å². The number of anilines is 1. The fourth-order valence-corrected chi connectivity index (χ4v) is 1.89. The van der Waals surface area contributed by atoms with Gasteiger partial charge in [-0.2, -0.15) is 13.2 Å². The molecule has 1 aromatic carbocycles. The highest BCUT2D eigenvalue weighted by molar-refractivity contribution is 5.46. The van der Waals surface area contributed by atoms with Crippen LogP contribution in [0.25, 0.3) is 0 Å². The molecule has 1 aromatic rings. The third-order valence-corrected chi connectivity index (χ3v) is 2.94. The van der Waals surface area contributed by atoms with Gasteiger partial charge in [0, 0.05) is 12.3 Å². The lowest BCUT2D eigenvalue weighted by molar-refractivity contribution is -0.137. The van der Waals surface area contributed by atoms with Crippen molar-refractivity contribution >= 4 is 5.69 Å². The average Bonchev–Trinajstić information content (AvgIpc) is 2.64. The summed E-state index contributed by atoms with van der Waals surface area (Å²) in [5.74, 6) is 0. The molecule has 1 N–H and O–H groups in total. The molecule has 1 heterocycles. The van der Waals surface area contributed by atoms with E-state index >= 15 is 0 Å². The Morgan fingerprint density at radius 1 is 1.24 bits per heavy atom. The third kappa shape index (κ3) is 2.91. The maximum atomic E-state index is 12.3. The fraction of sp³-hybridized carbons (Fsp3) is 0.500. The van der Waals surface area contributed by atoms with E-state index in [1.807, 2.05) is 6.92 Å². The van der Waals surface area contributed by atoms with E-state index in [0.29, 0.717) is 12.3 Å². The summed E-state index contributed by atoms with van der Waals surface area (Å²) in [7, 11) is 0. The number of ether oxygens (including phenoxy) is 1. The van der Waals surface area contributed by atoms with E-state index in [1.54, 1.807) is 0 Å². The van der Waals surface area contributed by atoms with Gasteiger partial charge in [-0.1, -0.05) is 0 Å². The van der Waals surface area contributed by atoms with Crippen LogP contribution in [0.4, 0.5) is 18.9 Å². The highest BCUT2D eigenvalue weighted by Gasteiger charge is 2.30. The van der Waals surface area contributed by atoms with Crippen molar-refractivity contribution in [2.45, 2.75) is 31.7 Å². The lowest BCUT2D eigenvalue weighted by Crippen LogP contribution is -2.26. The van der Waals surface area contributed by atoms with Gasteiger partial charge in [0.05, 0.1) is 17.7 Å². The van der Waals surface area contributed by atoms with Crippen LogP contribution in [0, 0.1) is 0 Å². The zero-order valence-electron chi connectivity index (χ0n) is 9.42. The third-order valence-electron chi connectivity index (χ3n) is 2.94. The van der Waals surface area contributed by atoms with E-state index in [0.717, 1.165) is 18.6 Å². The minimum absolute atomic E-state index is 0.0947. The number of nitrogens with one attached hydrogen (secondary N) is 1. The van der Waals surface area contributed by atoms with Gasteiger partial charge in [-0.05, 0) is 37.6 Å². The summed E-state index contributed by atoms with van der Waals surface area (Å²) in [6.07, 6.45) is -3.30. The Labute approximate surface area is 97.8 Å². The molecule has 0 bridgehead atoms. The molecule has 0 saturated carbocycles. The van der Waals surface area contributed by atoms with Gasteiger partial charge in [0.1, 0.15) is 0 Å². The molecule has 2 unspecified atom stereocenters. The van der Waals surface area contributed by atoms with Crippen molar-refractivity contribution in [3.63, 3.8) is 0 Å². The van der Waals surface area contributed by atoms with Crippen molar-refractivity contribution in [1.82, 2.24) is 0 Å². The van der Waals surface area contributed by atoms with Crippen LogP contribution in [-0.4, -0.2) is 18.8 Å². The SMILES string of the molecule is CC1OCCC1Nc1ccc(C(F)(F)F)cc1. The second-order valence-electron chi connectivity index (χ2n) is 4.19. The van der Waals surface area contributed by atoms with Crippen molar-refractivity contribution in [3.8, 4) is 0 Å². The van der Waals surface area contributed by atoms with Crippen LogP contribution >= 0.6 is 0 Å². The molecule has 1 aliphatic rings. The summed E-state index contributed by atoms with van der Waals surface area (Å²) >= 11 is 0. The Bertz CT molecular complexity index is 374. The summed E-state index contributed by atoms with van der Waals surface area (Å²) < 4.78 is 42.4. The van der Waals surface area contributed by atoms with Crippen LogP contribution in [0.1, 0.15) is 18.9 Å². The molecule has 1 fully saturated rings. The summed E-state index contributed by atoms with van der Waals surface area (Å²) in [5.41, 5.74) is 0.0686. The summed E-state index contributed by atoms with van der Waals surface area (Å²) in [5, 5.41) is 3.18. The van der Waals surface area contributed by atoms with Crippen LogP contribution in [0.15, 0.2) is 24.3 Å². The van der Waals surface area contributed by atoms with E-state index in [4.69, 9.17) is 4.74 Å². The second-order valence-corrected chi connectivity index (χ2v) is 4.19. The van der Waals surface area contributed by atoms with E-state index in [2.05, 4.69) is 5.32 Å². The minimum Gasteiger partial charge on any atom is -0.380 e. The van der Waals surface area contributed by atoms with Gasteiger partial charge in [0.15, 0.2) is 0 Å². The van der Waals surface area contributed by atoms with Crippen LogP contribution in [0.5, 0.6) is 0 Å². The standard InChI is InChI=1S/C12H14F3NO/c1-8-11(6-7-17-8)16-10-4-2-9(3-5-10)12(13,14)15/h2-5,8,11,16H,6-7H2,1H3. The highest BCUT2D eigenvalue weighted by atomic mass is 19.4. The van der Waals surface area contributed by atoms with E-state index < -0.39 is 11.7 Å². The first-order chi connectivity index (χ1) is 7.97. The molecule has 1 aliphatic heterocycles. The largest absolute Gasteiger partial charge is 0.416 e. The van der Waals surface area contributed by atoms with Crippen molar-refractivity contribution in [3.05, 3.63) is 29.8 Å². The van der Waals surface area contributed by atoms with Gasteiger partial charge in [0.25, 0.3) is 0 Å². The van der Waals surface area contributed by atoms with E-state index in [-0.39, 0.29) is 12.1 Å². The first-order valence-corrected chi connectivity index (χ1v) is 5.52. The van der Waals surface area contributed by atoms with Crippen LogP contribution in [0.2, 0.25) is 0 Å². The average molecular weight is 245 g/mol. The summed E-state index contributed by atoms with van der Waals surface area (Å²) in [6, 6.07) is 5.25. The fourth-order valence-electron chi connectivity index (χ4n) is 1.89. The van der Waals surface area contributed by atoms with Gasteiger partial charge < -0.3 is 10.1 Å². The lowest BCUT2D eigenvalue weighted by atomic mass is 10.1. The van der Waals surface area contributed by atoms with Crippen LogP contribution in [0.3, 0.4) is 0 Å². The van der Waals surface area contributed by atoms with Crippen molar-refractivity contribution < 1.29 is 17.9 Å². The Morgan fingerprint density at radius 3 is 2.35 bits per heavy atom. The normalized spacial score (nSPS) is 24.9. The molecule has 17 heavy (non-hydrogen) atoms. The predicted octanol–water partition coefficient (Wildman–Crippen LogP) is 3.29. The molecule has 0 aromatic heterocycles. The molecule has 2 nitrogen and oxygen atoms in total. The minimum atomic E-state index is -4.28. The number of hydrogen-bond acceptors (Lipinski definition) is 2. The molecule has 0 spiro atoms. The Morgan fingerprint density at radius 2 is 1.88 bits per heavy atom. The zero-order chi connectivity index (χ0) is 12.5. The molecular weight excluding hydrogens is 231 g/mol. The first-order valence-electron chi connectivity index (χ1n) is 5.52. The van der Waals surface area contributed by atoms with Gasteiger partial charge in [-0.3, -0.25) is 0 Å². The van der Waals surface area contributed by atoms with E-state index in [1.165, 1.54) is 12.1 Å². The second kappa shape index (κ2) is 4.56. The zero-order valence-corrected chi connectivity index (χ0v) is 9.42. The van der Waals surface area contributed by atoms with Crippen molar-refractivity contribution in [1.29, 1.82) is 0 Å². The lowest BCUT2D eigenvalue weighted by Gasteiger charge is -2.17. The molecule has 5 heteroatoms. The van der Waals surface area contributed by atoms with E-state index in [9.17, 15) is 13.2 Å². The van der Waals surface area contributed by atoms with Gasteiger partial charge in [-0.25, -0.2) is 0 Å². The van der Waals surface area contributed by atoms with Crippen LogP contribution in [-0.2, 0) is 10.9 Å². The molecule has 0 amide bonds. The summed E-state index contributed by atoms with van der Waals surface area (Å²) in [4.78, 5) is 0. The number of halogens is 3. The highest BCUT2D eigenvalue weighted by Crippen LogP contribution is 2.30. The Balaban J connectivity index is 2.03. The molecule has 2 rings (SSSR count). The number of alkyl halides is 3. The quantitative estimate of drug-likeness (QED) is 0.863. The monoisotopic (exact) mass is 245 g/mol. The number of rotatable bonds is 2. The molecule has 94 valence electrons. The number of hydrogen-bond donors (Lipinski definition) is 1. The van der Waals surface area contributed by atoms with Crippen LogP contribution < -0.4 is 5.32 Å². The molecule has 0 aliphatic carbocycles. The molecule has 2 atom stereocenters. The molecule has 1 saturated heterocycles. The van der Waals surface area contributed by atoms with Crippen molar-refractivity contribution in [2.24, 2.45) is 0 Å². The first kappa shape index (κ1) is 12.2. The van der Waals surface area contributed by atoms with Crippen molar-refractivity contribution in [2.75, 3.05) is 11.9 Å². The molecule has 0 radical (unpaired) electrons. The topological polar surface area (TPSA) is 21.3 Å². The Hall–Kier alpha value is -1.23. The molecular formula is C12H14F3NO. The number of benzene rings is 1. The predicted molar refractivity (Wildman–Crippen MR) is 58.9 cm³/mol. The smallest absolute Gasteiger partial charge is 0.380 e. The summed E-state index contributed by atoms with van der Waals surface area (Å²) in [6.45, 7) is 2.65. The maximum absolute atomic E-state index is 12.3. The van der Waals surface area contributed by atoms with Gasteiger partial charge >= 0.3 is 6.18 Å². The van der Waals surface area contributed by atoms with Gasteiger partial charge in [-0.15, -0.1) is 0 Å².